The third-order valence-corrected chi connectivity index (χ3v) is 3.29. The topological polar surface area (TPSA) is 34.4 Å². The number of nitrogens with zero attached hydrogens (tertiary/aromatic N) is 2. The Morgan fingerprint density at radius 1 is 1.35 bits per heavy atom. The van der Waals surface area contributed by atoms with Crippen molar-refractivity contribution < 1.29 is 4.79 Å². The molecular weight excluding hydrogens is 232 g/mol. The molecule has 4 heteroatoms. The summed E-state index contributed by atoms with van der Waals surface area (Å²) >= 11 is 1.48. The molecule has 1 aromatic carbocycles. The fourth-order valence-corrected chi connectivity index (χ4v) is 2.27. The first-order valence-corrected chi connectivity index (χ1v) is 6.38. The van der Waals surface area contributed by atoms with Crippen molar-refractivity contribution in [3.63, 3.8) is 0 Å². The molecule has 0 N–H and O–H groups in total. The zero-order chi connectivity index (χ0) is 12.3. The van der Waals surface area contributed by atoms with Gasteiger partial charge in [0.2, 0.25) is 0 Å². The molecule has 0 radical (unpaired) electrons. The molecule has 1 aromatic heterocycles. The first-order valence-electron chi connectivity index (χ1n) is 5.50. The van der Waals surface area contributed by atoms with Crippen LogP contribution in [0.25, 0.3) is 0 Å². The van der Waals surface area contributed by atoms with E-state index >= 15 is 0 Å². The van der Waals surface area contributed by atoms with E-state index in [-0.39, 0.29) is 5.91 Å². The SMILES string of the molecule is CCn1ccsc1=NC(=O)c1ccc(C)cc1. The molecule has 0 saturated heterocycles. The van der Waals surface area contributed by atoms with Crippen molar-refractivity contribution in [2.45, 2.75) is 20.4 Å². The molecule has 1 amide bonds. The summed E-state index contributed by atoms with van der Waals surface area (Å²) in [6.07, 6.45) is 1.94. The van der Waals surface area contributed by atoms with E-state index in [9.17, 15) is 4.79 Å². The first-order chi connectivity index (χ1) is 8.20. The van der Waals surface area contributed by atoms with Gasteiger partial charge in [0.05, 0.1) is 0 Å². The minimum atomic E-state index is -0.186. The molecule has 17 heavy (non-hydrogen) atoms. The summed E-state index contributed by atoms with van der Waals surface area (Å²) in [7, 11) is 0. The second-order valence-electron chi connectivity index (χ2n) is 3.75. The van der Waals surface area contributed by atoms with Crippen LogP contribution in [-0.4, -0.2) is 10.5 Å². The molecule has 88 valence electrons. The van der Waals surface area contributed by atoms with Crippen molar-refractivity contribution >= 4 is 17.2 Å². The Morgan fingerprint density at radius 2 is 2.06 bits per heavy atom. The smallest absolute Gasteiger partial charge is 0.279 e. The van der Waals surface area contributed by atoms with E-state index in [2.05, 4.69) is 4.99 Å². The monoisotopic (exact) mass is 246 g/mol. The lowest BCUT2D eigenvalue weighted by Gasteiger charge is -1.97. The Morgan fingerprint density at radius 3 is 2.71 bits per heavy atom. The summed E-state index contributed by atoms with van der Waals surface area (Å²) < 4.78 is 1.96. The Hall–Kier alpha value is -1.68. The number of benzene rings is 1. The minimum absolute atomic E-state index is 0.186. The predicted molar refractivity (Wildman–Crippen MR) is 69.1 cm³/mol. The number of carbonyl (C=O) groups is 1. The molecule has 0 aliphatic rings. The molecule has 0 saturated carbocycles. The molecule has 3 nitrogen and oxygen atoms in total. The van der Waals surface area contributed by atoms with Gasteiger partial charge in [0.25, 0.3) is 5.91 Å². The fraction of sp³-hybridized carbons (Fsp3) is 0.231. The maximum absolute atomic E-state index is 11.9. The fourth-order valence-electron chi connectivity index (χ4n) is 1.48. The normalized spacial score (nSPS) is 11.8. The zero-order valence-corrected chi connectivity index (χ0v) is 10.7. The van der Waals surface area contributed by atoms with Crippen molar-refractivity contribution in [3.8, 4) is 0 Å². The van der Waals surface area contributed by atoms with Crippen molar-refractivity contribution in [2.24, 2.45) is 4.99 Å². The molecule has 0 bridgehead atoms. The van der Waals surface area contributed by atoms with Crippen LogP contribution in [0.2, 0.25) is 0 Å². The van der Waals surface area contributed by atoms with Gasteiger partial charge in [0.1, 0.15) is 0 Å². The van der Waals surface area contributed by atoms with Crippen molar-refractivity contribution in [1.82, 2.24) is 4.57 Å². The van der Waals surface area contributed by atoms with Crippen LogP contribution in [0.3, 0.4) is 0 Å². The predicted octanol–water partition coefficient (Wildman–Crippen LogP) is 2.62. The highest BCUT2D eigenvalue weighted by molar-refractivity contribution is 7.07. The standard InChI is InChI=1S/C13H14N2OS/c1-3-15-8-9-17-13(15)14-12(16)11-6-4-10(2)5-7-11/h4-9H,3H2,1-2H3. The van der Waals surface area contributed by atoms with Gasteiger partial charge in [-0.05, 0) is 26.0 Å². The number of hydrogen-bond donors (Lipinski definition) is 0. The number of aromatic nitrogens is 1. The van der Waals surface area contributed by atoms with Gasteiger partial charge in [-0.15, -0.1) is 11.3 Å². The van der Waals surface area contributed by atoms with E-state index in [1.165, 1.54) is 11.3 Å². The molecule has 1 heterocycles. The molecular formula is C13H14N2OS. The van der Waals surface area contributed by atoms with Gasteiger partial charge < -0.3 is 4.57 Å². The molecule has 0 spiro atoms. The van der Waals surface area contributed by atoms with Crippen LogP contribution in [0.5, 0.6) is 0 Å². The maximum Gasteiger partial charge on any atom is 0.279 e. The molecule has 0 fully saturated rings. The van der Waals surface area contributed by atoms with Gasteiger partial charge in [-0.3, -0.25) is 4.79 Å². The quantitative estimate of drug-likeness (QED) is 0.802. The van der Waals surface area contributed by atoms with Crippen molar-refractivity contribution in [3.05, 3.63) is 51.8 Å². The van der Waals surface area contributed by atoms with Crippen LogP contribution >= 0.6 is 11.3 Å². The highest BCUT2D eigenvalue weighted by atomic mass is 32.1. The Kier molecular flexibility index (Phi) is 3.54. The third kappa shape index (κ3) is 2.71. The Bertz CT molecular complexity index is 578. The lowest BCUT2D eigenvalue weighted by atomic mass is 10.1. The van der Waals surface area contributed by atoms with Crippen LogP contribution in [0.15, 0.2) is 40.8 Å². The highest BCUT2D eigenvalue weighted by Gasteiger charge is 2.03. The van der Waals surface area contributed by atoms with Crippen molar-refractivity contribution in [1.29, 1.82) is 0 Å². The number of hydrogen-bond acceptors (Lipinski definition) is 2. The largest absolute Gasteiger partial charge is 0.324 e. The Labute approximate surface area is 104 Å². The van der Waals surface area contributed by atoms with E-state index < -0.39 is 0 Å². The first kappa shape index (κ1) is 11.8. The summed E-state index contributed by atoms with van der Waals surface area (Å²) in [5.41, 5.74) is 1.77. The summed E-state index contributed by atoms with van der Waals surface area (Å²) in [6, 6.07) is 7.46. The zero-order valence-electron chi connectivity index (χ0n) is 9.88. The average molecular weight is 246 g/mol. The lowest BCUT2D eigenvalue weighted by Crippen LogP contribution is -2.15. The summed E-state index contributed by atoms with van der Waals surface area (Å²) in [6.45, 7) is 4.85. The van der Waals surface area contributed by atoms with Crippen LogP contribution in [0.4, 0.5) is 0 Å². The molecule has 0 aliphatic heterocycles. The highest BCUT2D eigenvalue weighted by Crippen LogP contribution is 2.04. The van der Waals surface area contributed by atoms with E-state index in [1.54, 1.807) is 0 Å². The number of amides is 1. The second kappa shape index (κ2) is 5.10. The molecule has 2 aromatic rings. The van der Waals surface area contributed by atoms with E-state index in [0.29, 0.717) is 5.56 Å². The summed E-state index contributed by atoms with van der Waals surface area (Å²) in [5, 5.41) is 1.94. The van der Waals surface area contributed by atoms with Gasteiger partial charge in [-0.2, -0.15) is 4.99 Å². The third-order valence-electron chi connectivity index (χ3n) is 2.50. The van der Waals surface area contributed by atoms with Gasteiger partial charge in [0.15, 0.2) is 4.80 Å². The van der Waals surface area contributed by atoms with Gasteiger partial charge in [0, 0.05) is 23.7 Å². The Balaban J connectivity index is 2.33. The summed E-state index contributed by atoms with van der Waals surface area (Å²) in [5.74, 6) is -0.186. The van der Waals surface area contributed by atoms with E-state index in [0.717, 1.165) is 16.9 Å². The van der Waals surface area contributed by atoms with Crippen LogP contribution in [0.1, 0.15) is 22.8 Å². The number of carbonyl (C=O) groups excluding carboxylic acids is 1. The maximum atomic E-state index is 11.9. The van der Waals surface area contributed by atoms with Crippen LogP contribution in [0, 0.1) is 6.92 Å². The second-order valence-corrected chi connectivity index (χ2v) is 4.63. The number of rotatable bonds is 2. The van der Waals surface area contributed by atoms with Gasteiger partial charge in [-0.25, -0.2) is 0 Å². The van der Waals surface area contributed by atoms with Gasteiger partial charge >= 0.3 is 0 Å². The van der Waals surface area contributed by atoms with E-state index in [4.69, 9.17) is 0 Å². The summed E-state index contributed by atoms with van der Waals surface area (Å²) in [4.78, 5) is 16.8. The van der Waals surface area contributed by atoms with E-state index in [1.807, 2.05) is 54.3 Å². The average Bonchev–Trinajstić information content (AvgIpc) is 2.77. The molecule has 0 atom stereocenters. The minimum Gasteiger partial charge on any atom is -0.324 e. The molecule has 0 unspecified atom stereocenters. The van der Waals surface area contributed by atoms with Crippen molar-refractivity contribution in [2.75, 3.05) is 0 Å². The number of aryl methyl sites for hydroxylation is 2. The lowest BCUT2D eigenvalue weighted by molar-refractivity contribution is 0.0998. The van der Waals surface area contributed by atoms with Gasteiger partial charge in [-0.1, -0.05) is 17.7 Å². The number of thiazole rings is 1. The molecule has 2 rings (SSSR count). The van der Waals surface area contributed by atoms with Crippen LogP contribution < -0.4 is 4.80 Å². The molecule has 0 aliphatic carbocycles. The van der Waals surface area contributed by atoms with Crippen LogP contribution in [-0.2, 0) is 6.54 Å².